The monoisotopic (exact) mass is 230 g/mol. The molecule has 7 heteroatoms. The van der Waals surface area contributed by atoms with Gasteiger partial charge in [0.15, 0.2) is 0 Å². The van der Waals surface area contributed by atoms with Crippen molar-refractivity contribution in [2.45, 2.75) is 0 Å². The number of hydrogen-bond acceptors (Lipinski definition) is 7. The second-order valence-electron chi connectivity index (χ2n) is 2.63. The second-order valence-corrected chi connectivity index (χ2v) is 2.63. The molecule has 0 fully saturated rings. The molecule has 0 radical (unpaired) electrons. The standard InChI is InChI=1S/C9H10O7/c1-13-5-4(10)6(8(11)14-2)16-7(5)9(12)15-3/h10H,1-3H3. The molecule has 0 saturated heterocycles. The number of hydrogen-bond donors (Lipinski definition) is 1. The maximum atomic E-state index is 11.2. The predicted octanol–water partition coefficient (Wildman–Crippen LogP) is 0.567. The van der Waals surface area contributed by atoms with Crippen molar-refractivity contribution in [1.29, 1.82) is 0 Å². The number of furan rings is 1. The van der Waals surface area contributed by atoms with E-state index in [-0.39, 0.29) is 5.75 Å². The van der Waals surface area contributed by atoms with Crippen molar-refractivity contribution < 1.29 is 33.3 Å². The summed E-state index contributed by atoms with van der Waals surface area (Å²) in [4.78, 5) is 22.4. The van der Waals surface area contributed by atoms with E-state index in [1.807, 2.05) is 0 Å². The zero-order chi connectivity index (χ0) is 12.3. The van der Waals surface area contributed by atoms with Gasteiger partial charge in [0.05, 0.1) is 21.3 Å². The van der Waals surface area contributed by atoms with Crippen LogP contribution in [0.4, 0.5) is 0 Å². The Morgan fingerprint density at radius 3 is 2.00 bits per heavy atom. The number of methoxy groups -OCH3 is 3. The van der Waals surface area contributed by atoms with Gasteiger partial charge in [-0.25, -0.2) is 9.59 Å². The molecule has 1 rings (SSSR count). The normalized spacial score (nSPS) is 9.69. The minimum absolute atomic E-state index is 0.271. The first kappa shape index (κ1) is 11.9. The van der Waals surface area contributed by atoms with E-state index >= 15 is 0 Å². The van der Waals surface area contributed by atoms with Gasteiger partial charge in [0.1, 0.15) is 0 Å². The minimum atomic E-state index is -0.925. The van der Waals surface area contributed by atoms with Crippen LogP contribution in [0, 0.1) is 0 Å². The maximum Gasteiger partial charge on any atom is 0.378 e. The molecule has 0 saturated carbocycles. The van der Waals surface area contributed by atoms with Gasteiger partial charge in [-0.15, -0.1) is 0 Å². The number of carbonyl (C=O) groups is 2. The quantitative estimate of drug-likeness (QED) is 0.758. The molecule has 88 valence electrons. The van der Waals surface area contributed by atoms with Gasteiger partial charge < -0.3 is 23.7 Å². The lowest BCUT2D eigenvalue weighted by Gasteiger charge is -1.98. The van der Waals surface area contributed by atoms with Crippen molar-refractivity contribution in [3.8, 4) is 11.5 Å². The summed E-state index contributed by atoms with van der Waals surface area (Å²) in [6.45, 7) is 0. The molecule has 0 amide bonds. The summed E-state index contributed by atoms with van der Waals surface area (Å²) in [6.07, 6.45) is 0. The summed E-state index contributed by atoms with van der Waals surface area (Å²) < 4.78 is 18.3. The summed E-state index contributed by atoms with van der Waals surface area (Å²) in [5, 5.41) is 9.53. The first-order valence-corrected chi connectivity index (χ1v) is 4.13. The molecule has 7 nitrogen and oxygen atoms in total. The lowest BCUT2D eigenvalue weighted by Crippen LogP contribution is -2.02. The average Bonchev–Trinajstić information content (AvgIpc) is 2.64. The number of ether oxygens (including phenoxy) is 3. The first-order valence-electron chi connectivity index (χ1n) is 4.13. The van der Waals surface area contributed by atoms with Crippen LogP contribution in [0.3, 0.4) is 0 Å². The van der Waals surface area contributed by atoms with Crippen LogP contribution >= 0.6 is 0 Å². The fraction of sp³-hybridized carbons (Fsp3) is 0.333. The second kappa shape index (κ2) is 4.56. The fourth-order valence-electron chi connectivity index (χ4n) is 1.05. The maximum absolute atomic E-state index is 11.2. The van der Waals surface area contributed by atoms with Crippen LogP contribution in [0.15, 0.2) is 4.42 Å². The number of esters is 2. The van der Waals surface area contributed by atoms with E-state index in [4.69, 9.17) is 9.15 Å². The van der Waals surface area contributed by atoms with Crippen molar-refractivity contribution in [3.63, 3.8) is 0 Å². The molecule has 1 N–H and O–H groups in total. The van der Waals surface area contributed by atoms with Crippen molar-refractivity contribution in [1.82, 2.24) is 0 Å². The summed E-state index contributed by atoms with van der Waals surface area (Å²) >= 11 is 0. The van der Waals surface area contributed by atoms with Crippen molar-refractivity contribution in [2.75, 3.05) is 21.3 Å². The highest BCUT2D eigenvalue weighted by molar-refractivity contribution is 5.96. The molecule has 0 spiro atoms. The third-order valence-corrected chi connectivity index (χ3v) is 1.79. The Bertz CT molecular complexity index is 418. The molecule has 1 heterocycles. The minimum Gasteiger partial charge on any atom is -0.501 e. The SMILES string of the molecule is COC(=O)c1oc(C(=O)OC)c(OC)c1O. The van der Waals surface area contributed by atoms with E-state index in [9.17, 15) is 14.7 Å². The van der Waals surface area contributed by atoms with Gasteiger partial charge in [-0.1, -0.05) is 0 Å². The van der Waals surface area contributed by atoms with Crippen LogP contribution in [-0.2, 0) is 9.47 Å². The Hall–Kier alpha value is -2.18. The number of carbonyl (C=O) groups excluding carboxylic acids is 2. The Morgan fingerprint density at radius 2 is 1.56 bits per heavy atom. The van der Waals surface area contributed by atoms with Crippen LogP contribution in [0.25, 0.3) is 0 Å². The number of rotatable bonds is 3. The Kier molecular flexibility index (Phi) is 3.39. The molecular formula is C9H10O7. The van der Waals surface area contributed by atoms with Gasteiger partial charge in [-0.3, -0.25) is 0 Å². The van der Waals surface area contributed by atoms with Crippen LogP contribution < -0.4 is 4.74 Å². The van der Waals surface area contributed by atoms with E-state index in [1.54, 1.807) is 0 Å². The molecule has 0 bridgehead atoms. The number of aromatic hydroxyl groups is 1. The van der Waals surface area contributed by atoms with Crippen LogP contribution in [0.1, 0.15) is 21.1 Å². The van der Waals surface area contributed by atoms with Crippen molar-refractivity contribution >= 4 is 11.9 Å². The van der Waals surface area contributed by atoms with Crippen molar-refractivity contribution in [2.24, 2.45) is 0 Å². The average molecular weight is 230 g/mol. The van der Waals surface area contributed by atoms with E-state index < -0.39 is 29.2 Å². The third-order valence-electron chi connectivity index (χ3n) is 1.79. The van der Waals surface area contributed by atoms with Crippen LogP contribution in [0.5, 0.6) is 11.5 Å². The van der Waals surface area contributed by atoms with Crippen LogP contribution in [-0.4, -0.2) is 38.4 Å². The smallest absolute Gasteiger partial charge is 0.378 e. The van der Waals surface area contributed by atoms with E-state index in [1.165, 1.54) is 7.11 Å². The van der Waals surface area contributed by atoms with Gasteiger partial charge in [-0.05, 0) is 0 Å². The lowest BCUT2D eigenvalue weighted by atomic mass is 10.3. The fourth-order valence-corrected chi connectivity index (χ4v) is 1.05. The molecule has 0 aromatic carbocycles. The lowest BCUT2D eigenvalue weighted by molar-refractivity contribution is 0.0527. The molecule has 0 atom stereocenters. The van der Waals surface area contributed by atoms with E-state index in [0.717, 1.165) is 14.2 Å². The largest absolute Gasteiger partial charge is 0.501 e. The zero-order valence-corrected chi connectivity index (χ0v) is 8.90. The first-order chi connectivity index (χ1) is 7.56. The van der Waals surface area contributed by atoms with Gasteiger partial charge in [0.25, 0.3) is 11.5 Å². The molecule has 0 aliphatic rings. The van der Waals surface area contributed by atoms with Crippen LogP contribution in [0.2, 0.25) is 0 Å². The van der Waals surface area contributed by atoms with Crippen molar-refractivity contribution in [3.05, 3.63) is 11.5 Å². The molecule has 0 aliphatic heterocycles. The molecular weight excluding hydrogens is 220 g/mol. The Morgan fingerprint density at radius 1 is 1.06 bits per heavy atom. The summed E-state index contributed by atoms with van der Waals surface area (Å²) in [5.41, 5.74) is 0. The topological polar surface area (TPSA) is 95.2 Å². The summed E-state index contributed by atoms with van der Waals surface area (Å²) in [5.74, 6) is -3.59. The van der Waals surface area contributed by atoms with Gasteiger partial charge >= 0.3 is 11.9 Å². The zero-order valence-electron chi connectivity index (χ0n) is 8.90. The molecule has 0 unspecified atom stereocenters. The summed E-state index contributed by atoms with van der Waals surface area (Å²) in [6, 6.07) is 0. The highest BCUT2D eigenvalue weighted by Gasteiger charge is 2.30. The highest BCUT2D eigenvalue weighted by atomic mass is 16.6. The third kappa shape index (κ3) is 1.79. The molecule has 1 aromatic heterocycles. The Balaban J connectivity index is 3.30. The van der Waals surface area contributed by atoms with Gasteiger partial charge in [0, 0.05) is 0 Å². The molecule has 0 aliphatic carbocycles. The van der Waals surface area contributed by atoms with E-state index in [2.05, 4.69) is 9.47 Å². The molecule has 16 heavy (non-hydrogen) atoms. The highest BCUT2D eigenvalue weighted by Crippen LogP contribution is 2.37. The van der Waals surface area contributed by atoms with Gasteiger partial charge in [-0.2, -0.15) is 0 Å². The molecule has 1 aromatic rings. The van der Waals surface area contributed by atoms with E-state index in [0.29, 0.717) is 0 Å². The van der Waals surface area contributed by atoms with Gasteiger partial charge in [0.2, 0.25) is 11.5 Å². The summed E-state index contributed by atoms with van der Waals surface area (Å²) in [7, 11) is 3.44. The Labute approximate surface area is 90.5 Å². The predicted molar refractivity (Wildman–Crippen MR) is 49.6 cm³/mol.